The number of benzene rings is 2. The number of ether oxygens (including phenoxy) is 3. The second-order valence-corrected chi connectivity index (χ2v) is 9.43. The number of esters is 1. The van der Waals surface area contributed by atoms with Gasteiger partial charge in [-0.25, -0.2) is 9.00 Å². The number of para-hydroxylation sites is 2. The molecule has 0 fully saturated rings. The molecule has 32 heavy (non-hydrogen) atoms. The van der Waals surface area contributed by atoms with Crippen LogP contribution in [0.1, 0.15) is 26.3 Å². The Morgan fingerprint density at radius 2 is 1.78 bits per heavy atom. The maximum absolute atomic E-state index is 13.5. The molecule has 2 aromatic rings. The summed E-state index contributed by atoms with van der Waals surface area (Å²) < 4.78 is 71.8. The highest BCUT2D eigenvalue weighted by Crippen LogP contribution is 2.39. The molecule has 0 N–H and O–H groups in total. The molecule has 2 atom stereocenters. The van der Waals surface area contributed by atoms with Gasteiger partial charge in [-0.1, -0.05) is 24.3 Å². The van der Waals surface area contributed by atoms with E-state index in [1.54, 1.807) is 45.0 Å². The normalized spacial score (nSPS) is 17.3. The van der Waals surface area contributed by atoms with Crippen LogP contribution in [0, 0.1) is 0 Å². The lowest BCUT2D eigenvalue weighted by molar-refractivity contribution is -0.160. The van der Waals surface area contributed by atoms with Crippen LogP contribution < -0.4 is 9.04 Å². The van der Waals surface area contributed by atoms with Crippen molar-refractivity contribution >= 4 is 22.6 Å². The van der Waals surface area contributed by atoms with E-state index in [1.807, 2.05) is 0 Å². The number of alkyl halides is 3. The topological polar surface area (TPSA) is 65.1 Å². The molecule has 2 aromatic carbocycles. The van der Waals surface area contributed by atoms with Crippen LogP contribution in [0.25, 0.3) is 0 Å². The van der Waals surface area contributed by atoms with E-state index in [0.29, 0.717) is 11.4 Å². The van der Waals surface area contributed by atoms with Crippen LogP contribution in [0.2, 0.25) is 0 Å². The third-order valence-electron chi connectivity index (χ3n) is 4.37. The van der Waals surface area contributed by atoms with Gasteiger partial charge in [-0.15, -0.1) is 0 Å². The quantitative estimate of drug-likeness (QED) is 0.586. The summed E-state index contributed by atoms with van der Waals surface area (Å²) in [7, 11) is -2.21. The van der Waals surface area contributed by atoms with E-state index in [4.69, 9.17) is 14.2 Å². The first kappa shape index (κ1) is 24.1. The number of rotatable bonds is 6. The fourth-order valence-corrected chi connectivity index (χ4v) is 4.66. The van der Waals surface area contributed by atoms with Gasteiger partial charge in [-0.2, -0.15) is 13.2 Å². The Morgan fingerprint density at radius 1 is 1.12 bits per heavy atom. The molecule has 1 aliphatic heterocycles. The van der Waals surface area contributed by atoms with Crippen molar-refractivity contribution in [1.82, 2.24) is 0 Å². The number of fused-ring (bicyclic) bond motifs is 1. The maximum atomic E-state index is 13.5. The van der Waals surface area contributed by atoms with Crippen molar-refractivity contribution in [2.45, 2.75) is 43.5 Å². The van der Waals surface area contributed by atoms with E-state index in [-0.39, 0.29) is 24.7 Å². The molecule has 0 saturated carbocycles. The molecule has 0 aliphatic carbocycles. The molecular weight excluding hydrogens is 447 g/mol. The maximum Gasteiger partial charge on any atom is 0.417 e. The Hall–Kier alpha value is -2.59. The van der Waals surface area contributed by atoms with Crippen molar-refractivity contribution in [3.63, 3.8) is 0 Å². The molecule has 2 unspecified atom stereocenters. The van der Waals surface area contributed by atoms with Gasteiger partial charge in [0.25, 0.3) is 0 Å². The van der Waals surface area contributed by atoms with E-state index in [0.717, 1.165) is 6.07 Å². The van der Waals surface area contributed by atoms with Gasteiger partial charge < -0.3 is 14.2 Å². The SMILES string of the molecule is CC(C)(C)OC(=O)COCC1COc2ccccc2N1S(=O)c1ccccc1C(F)(F)F. The van der Waals surface area contributed by atoms with Gasteiger partial charge >= 0.3 is 12.1 Å². The van der Waals surface area contributed by atoms with Gasteiger partial charge in [0.15, 0.2) is 11.0 Å². The molecule has 174 valence electrons. The molecule has 0 bridgehead atoms. The zero-order valence-corrected chi connectivity index (χ0v) is 18.7. The minimum absolute atomic E-state index is 0.0191. The van der Waals surface area contributed by atoms with E-state index < -0.39 is 40.3 Å². The number of anilines is 1. The summed E-state index contributed by atoms with van der Waals surface area (Å²) in [4.78, 5) is 11.5. The van der Waals surface area contributed by atoms with Crippen molar-refractivity contribution in [3.8, 4) is 5.75 Å². The number of hydrogen-bond donors (Lipinski definition) is 0. The Morgan fingerprint density at radius 3 is 2.47 bits per heavy atom. The molecule has 6 nitrogen and oxygen atoms in total. The van der Waals surface area contributed by atoms with Crippen LogP contribution in [-0.2, 0) is 31.4 Å². The lowest BCUT2D eigenvalue weighted by Crippen LogP contribution is -2.47. The smallest absolute Gasteiger partial charge is 0.417 e. The largest absolute Gasteiger partial charge is 0.489 e. The summed E-state index contributed by atoms with van der Waals surface area (Å²) in [6.07, 6.45) is -4.67. The summed E-state index contributed by atoms with van der Waals surface area (Å²) in [5, 5.41) is 0. The van der Waals surface area contributed by atoms with E-state index >= 15 is 0 Å². The van der Waals surface area contributed by atoms with Gasteiger partial charge in [-0.05, 0) is 45.0 Å². The molecule has 0 saturated heterocycles. The second kappa shape index (κ2) is 9.50. The van der Waals surface area contributed by atoms with Crippen LogP contribution in [0.15, 0.2) is 53.4 Å². The van der Waals surface area contributed by atoms with Gasteiger partial charge in [-0.3, -0.25) is 4.31 Å². The summed E-state index contributed by atoms with van der Waals surface area (Å²) in [6, 6.07) is 10.7. The average molecular weight is 471 g/mol. The van der Waals surface area contributed by atoms with Crippen molar-refractivity contribution < 1.29 is 36.4 Å². The average Bonchev–Trinajstić information content (AvgIpc) is 2.71. The minimum Gasteiger partial charge on any atom is -0.489 e. The first-order chi connectivity index (χ1) is 15.0. The Kier molecular flexibility index (Phi) is 7.14. The van der Waals surface area contributed by atoms with Gasteiger partial charge in [0, 0.05) is 0 Å². The summed E-state index contributed by atoms with van der Waals surface area (Å²) >= 11 is 0. The Bertz CT molecular complexity index is 990. The molecule has 0 aromatic heterocycles. The lowest BCUT2D eigenvalue weighted by atomic mass is 10.2. The van der Waals surface area contributed by atoms with Gasteiger partial charge in [0.2, 0.25) is 0 Å². The van der Waals surface area contributed by atoms with E-state index in [2.05, 4.69) is 0 Å². The molecular formula is C22H24F3NO5S. The third-order valence-corrected chi connectivity index (χ3v) is 5.96. The highest BCUT2D eigenvalue weighted by molar-refractivity contribution is 7.86. The summed E-state index contributed by atoms with van der Waals surface area (Å²) in [5.41, 5.74) is -1.28. The zero-order valence-electron chi connectivity index (χ0n) is 17.8. The van der Waals surface area contributed by atoms with Gasteiger partial charge in [0.1, 0.15) is 30.6 Å². The summed E-state index contributed by atoms with van der Waals surface area (Å²) in [6.45, 7) is 4.73. The minimum atomic E-state index is -4.67. The van der Waals surface area contributed by atoms with Crippen LogP contribution in [0.3, 0.4) is 0 Å². The van der Waals surface area contributed by atoms with Crippen LogP contribution in [0.4, 0.5) is 18.9 Å². The molecule has 10 heteroatoms. The van der Waals surface area contributed by atoms with E-state index in [9.17, 15) is 22.2 Å². The van der Waals surface area contributed by atoms with Crippen LogP contribution in [0.5, 0.6) is 5.75 Å². The number of nitrogens with zero attached hydrogens (tertiary/aromatic N) is 1. The summed E-state index contributed by atoms with van der Waals surface area (Å²) in [5.74, 6) is -0.182. The molecule has 1 heterocycles. The Labute approximate surface area is 186 Å². The standard InChI is InChI=1S/C22H24F3NO5S/c1-21(2,3)31-20(27)14-29-12-15-13-30-18-10-6-5-9-17(18)26(15)32(28)19-11-7-4-8-16(19)22(23,24)25/h4-11,15H,12-14H2,1-3H3. The number of carbonyl (C=O) groups excluding carboxylic acids is 1. The van der Waals surface area contributed by atoms with Crippen molar-refractivity contribution in [3.05, 3.63) is 54.1 Å². The first-order valence-electron chi connectivity index (χ1n) is 9.86. The van der Waals surface area contributed by atoms with Crippen molar-refractivity contribution in [1.29, 1.82) is 0 Å². The number of halogens is 3. The van der Waals surface area contributed by atoms with Crippen molar-refractivity contribution in [2.24, 2.45) is 0 Å². The molecule has 0 radical (unpaired) electrons. The number of carbonyl (C=O) groups is 1. The van der Waals surface area contributed by atoms with Crippen LogP contribution in [-0.4, -0.2) is 41.6 Å². The monoisotopic (exact) mass is 471 g/mol. The predicted octanol–water partition coefficient (Wildman–Crippen LogP) is 4.35. The van der Waals surface area contributed by atoms with Gasteiger partial charge in [0.05, 0.1) is 22.8 Å². The highest BCUT2D eigenvalue weighted by atomic mass is 32.2. The predicted molar refractivity (Wildman–Crippen MR) is 113 cm³/mol. The molecule has 0 spiro atoms. The van der Waals surface area contributed by atoms with Crippen molar-refractivity contribution in [2.75, 3.05) is 24.1 Å². The third kappa shape index (κ3) is 5.80. The van der Waals surface area contributed by atoms with Crippen LogP contribution >= 0.6 is 0 Å². The number of hydrogen-bond acceptors (Lipinski definition) is 5. The second-order valence-electron chi connectivity index (χ2n) is 8.10. The zero-order chi connectivity index (χ0) is 23.5. The highest BCUT2D eigenvalue weighted by Gasteiger charge is 2.39. The lowest BCUT2D eigenvalue weighted by Gasteiger charge is -2.37. The molecule has 0 amide bonds. The fraction of sp³-hybridized carbons (Fsp3) is 0.409. The Balaban J connectivity index is 1.86. The van der Waals surface area contributed by atoms with E-state index in [1.165, 1.54) is 22.5 Å². The first-order valence-corrected chi connectivity index (χ1v) is 11.0. The molecule has 3 rings (SSSR count). The fourth-order valence-electron chi connectivity index (χ4n) is 3.16. The molecule has 1 aliphatic rings.